The van der Waals surface area contributed by atoms with E-state index in [1.807, 2.05) is 0 Å². The Bertz CT molecular complexity index is 453. The normalized spacial score (nSPS) is 21.5. The average molecular weight is 227 g/mol. The van der Waals surface area contributed by atoms with E-state index < -0.39 is 0 Å². The number of nitrogens with one attached hydrogen (secondary N) is 1. The molecule has 0 bridgehead atoms. The number of allylic oxidation sites excluding steroid dienone is 1. The molecule has 1 spiro atoms. The smallest absolute Gasteiger partial charge is 0.00170 e. The molecule has 0 amide bonds. The highest BCUT2D eigenvalue weighted by Gasteiger charge is 2.39. The van der Waals surface area contributed by atoms with Crippen LogP contribution < -0.4 is 5.32 Å². The van der Waals surface area contributed by atoms with Crippen molar-refractivity contribution in [2.45, 2.75) is 38.0 Å². The Morgan fingerprint density at radius 3 is 2.71 bits per heavy atom. The van der Waals surface area contributed by atoms with E-state index in [0.717, 1.165) is 0 Å². The van der Waals surface area contributed by atoms with Crippen molar-refractivity contribution in [3.63, 3.8) is 0 Å². The van der Waals surface area contributed by atoms with Crippen LogP contribution in [0.4, 0.5) is 0 Å². The summed E-state index contributed by atoms with van der Waals surface area (Å²) in [4.78, 5) is 0. The standard InChI is InChI=1S/C16H21N/c1-12(2)13-3-4-15-14(11-13)5-6-16(15)7-9-17-10-8-16/h3-4,11,17H,1,5-10H2,2H3. The van der Waals surface area contributed by atoms with Gasteiger partial charge in [0.15, 0.2) is 0 Å². The van der Waals surface area contributed by atoms with Gasteiger partial charge < -0.3 is 5.32 Å². The van der Waals surface area contributed by atoms with Crippen LogP contribution in [-0.2, 0) is 11.8 Å². The van der Waals surface area contributed by atoms with Crippen LogP contribution in [0, 0.1) is 0 Å². The van der Waals surface area contributed by atoms with E-state index in [2.05, 4.69) is 37.0 Å². The highest BCUT2D eigenvalue weighted by molar-refractivity contribution is 5.63. The first-order chi connectivity index (χ1) is 8.21. The van der Waals surface area contributed by atoms with Crippen LogP contribution in [0.5, 0.6) is 0 Å². The van der Waals surface area contributed by atoms with Crippen molar-refractivity contribution in [3.05, 3.63) is 41.5 Å². The fourth-order valence-corrected chi connectivity index (χ4v) is 3.52. The third-order valence-corrected chi connectivity index (χ3v) is 4.60. The zero-order valence-electron chi connectivity index (χ0n) is 10.7. The second-order valence-corrected chi connectivity index (χ2v) is 5.68. The number of rotatable bonds is 1. The summed E-state index contributed by atoms with van der Waals surface area (Å²) in [6.45, 7) is 8.50. The first kappa shape index (κ1) is 11.0. The molecule has 0 atom stereocenters. The molecule has 1 fully saturated rings. The van der Waals surface area contributed by atoms with Crippen molar-refractivity contribution < 1.29 is 0 Å². The Hall–Kier alpha value is -1.08. The molecule has 1 saturated heterocycles. The molecule has 1 aliphatic carbocycles. The van der Waals surface area contributed by atoms with Crippen molar-refractivity contribution in [1.82, 2.24) is 5.32 Å². The molecule has 17 heavy (non-hydrogen) atoms. The van der Waals surface area contributed by atoms with Gasteiger partial charge in [0.1, 0.15) is 0 Å². The minimum atomic E-state index is 0.494. The summed E-state index contributed by atoms with van der Waals surface area (Å²) < 4.78 is 0. The SMILES string of the molecule is C=C(C)c1ccc2c(c1)CCC21CCNCC1. The van der Waals surface area contributed by atoms with Crippen LogP contribution in [0.2, 0.25) is 0 Å². The summed E-state index contributed by atoms with van der Waals surface area (Å²) >= 11 is 0. The lowest BCUT2D eigenvalue weighted by atomic mass is 9.74. The summed E-state index contributed by atoms with van der Waals surface area (Å²) in [5, 5.41) is 3.48. The van der Waals surface area contributed by atoms with Gasteiger partial charge in [0.2, 0.25) is 0 Å². The Kier molecular flexibility index (Phi) is 2.59. The van der Waals surface area contributed by atoms with Crippen molar-refractivity contribution in [2.75, 3.05) is 13.1 Å². The van der Waals surface area contributed by atoms with Gasteiger partial charge in [0.05, 0.1) is 0 Å². The topological polar surface area (TPSA) is 12.0 Å². The number of benzene rings is 1. The van der Waals surface area contributed by atoms with E-state index in [1.165, 1.54) is 49.9 Å². The highest BCUT2D eigenvalue weighted by atomic mass is 14.9. The number of hydrogen-bond acceptors (Lipinski definition) is 1. The molecule has 1 nitrogen and oxygen atoms in total. The lowest BCUT2D eigenvalue weighted by Gasteiger charge is -2.35. The van der Waals surface area contributed by atoms with Gasteiger partial charge in [0, 0.05) is 0 Å². The van der Waals surface area contributed by atoms with Gasteiger partial charge in [-0.3, -0.25) is 0 Å². The molecule has 3 rings (SSSR count). The van der Waals surface area contributed by atoms with Gasteiger partial charge >= 0.3 is 0 Å². The van der Waals surface area contributed by atoms with Crippen molar-refractivity contribution in [3.8, 4) is 0 Å². The maximum atomic E-state index is 4.04. The first-order valence-electron chi connectivity index (χ1n) is 6.71. The molecule has 2 aliphatic rings. The van der Waals surface area contributed by atoms with Crippen LogP contribution in [0.1, 0.15) is 42.9 Å². The summed E-state index contributed by atoms with van der Waals surface area (Å²) in [6.07, 6.45) is 5.24. The quantitative estimate of drug-likeness (QED) is 0.776. The highest BCUT2D eigenvalue weighted by Crippen LogP contribution is 2.45. The number of aryl methyl sites for hydroxylation is 1. The Morgan fingerprint density at radius 2 is 2.00 bits per heavy atom. The molecular weight excluding hydrogens is 206 g/mol. The van der Waals surface area contributed by atoms with E-state index in [4.69, 9.17) is 0 Å². The second-order valence-electron chi connectivity index (χ2n) is 5.68. The van der Waals surface area contributed by atoms with Crippen LogP contribution in [-0.4, -0.2) is 13.1 Å². The molecule has 1 heterocycles. The van der Waals surface area contributed by atoms with Gasteiger partial charge in [-0.05, 0) is 67.8 Å². The van der Waals surface area contributed by atoms with Crippen molar-refractivity contribution in [2.24, 2.45) is 0 Å². The van der Waals surface area contributed by atoms with E-state index in [1.54, 1.807) is 11.1 Å². The maximum Gasteiger partial charge on any atom is -0.00170 e. The molecular formula is C16H21N. The van der Waals surface area contributed by atoms with E-state index in [9.17, 15) is 0 Å². The molecule has 1 aliphatic heterocycles. The molecule has 0 saturated carbocycles. The molecule has 0 radical (unpaired) electrons. The van der Waals surface area contributed by atoms with Gasteiger partial charge in [-0.15, -0.1) is 0 Å². The summed E-state index contributed by atoms with van der Waals surface area (Å²) in [6, 6.07) is 7.00. The minimum absolute atomic E-state index is 0.494. The zero-order chi connectivity index (χ0) is 11.9. The fraction of sp³-hybridized carbons (Fsp3) is 0.500. The summed E-state index contributed by atoms with van der Waals surface area (Å²) in [5.74, 6) is 0. The minimum Gasteiger partial charge on any atom is -0.317 e. The Morgan fingerprint density at radius 1 is 1.24 bits per heavy atom. The third kappa shape index (κ3) is 1.73. The number of piperidine rings is 1. The third-order valence-electron chi connectivity index (χ3n) is 4.60. The van der Waals surface area contributed by atoms with Crippen LogP contribution in [0.15, 0.2) is 24.8 Å². The second kappa shape index (κ2) is 3.99. The summed E-state index contributed by atoms with van der Waals surface area (Å²) in [7, 11) is 0. The lowest BCUT2D eigenvalue weighted by Crippen LogP contribution is -2.38. The average Bonchev–Trinajstić information content (AvgIpc) is 2.69. The monoisotopic (exact) mass is 227 g/mol. The molecule has 0 aromatic heterocycles. The Labute approximate surface area is 104 Å². The fourth-order valence-electron chi connectivity index (χ4n) is 3.52. The van der Waals surface area contributed by atoms with Gasteiger partial charge in [-0.2, -0.15) is 0 Å². The van der Waals surface area contributed by atoms with Crippen LogP contribution >= 0.6 is 0 Å². The van der Waals surface area contributed by atoms with Gasteiger partial charge in [-0.1, -0.05) is 30.4 Å². The molecule has 1 N–H and O–H groups in total. The Balaban J connectivity index is 2.00. The predicted octanol–water partition coefficient (Wildman–Crippen LogP) is 3.29. The molecule has 1 heteroatoms. The largest absolute Gasteiger partial charge is 0.317 e. The van der Waals surface area contributed by atoms with E-state index in [0.29, 0.717) is 5.41 Å². The zero-order valence-corrected chi connectivity index (χ0v) is 10.7. The van der Waals surface area contributed by atoms with Gasteiger partial charge in [0.25, 0.3) is 0 Å². The first-order valence-corrected chi connectivity index (χ1v) is 6.71. The summed E-state index contributed by atoms with van der Waals surface area (Å²) in [5.41, 5.74) is 6.19. The molecule has 1 aromatic carbocycles. The molecule has 0 unspecified atom stereocenters. The number of hydrogen-bond donors (Lipinski definition) is 1. The number of fused-ring (bicyclic) bond motifs is 2. The lowest BCUT2D eigenvalue weighted by molar-refractivity contribution is 0.306. The van der Waals surface area contributed by atoms with E-state index >= 15 is 0 Å². The van der Waals surface area contributed by atoms with Crippen LogP contribution in [0.25, 0.3) is 5.57 Å². The molecule has 90 valence electrons. The predicted molar refractivity (Wildman–Crippen MR) is 73.3 cm³/mol. The van der Waals surface area contributed by atoms with E-state index in [-0.39, 0.29) is 0 Å². The maximum absolute atomic E-state index is 4.04. The van der Waals surface area contributed by atoms with Crippen molar-refractivity contribution in [1.29, 1.82) is 0 Å². The van der Waals surface area contributed by atoms with Crippen molar-refractivity contribution >= 4 is 5.57 Å². The molecule has 1 aromatic rings. The van der Waals surface area contributed by atoms with Gasteiger partial charge in [-0.25, -0.2) is 0 Å². The van der Waals surface area contributed by atoms with Crippen LogP contribution in [0.3, 0.4) is 0 Å².